The van der Waals surface area contributed by atoms with Gasteiger partial charge in [0.15, 0.2) is 11.6 Å². The Morgan fingerprint density at radius 2 is 1.63 bits per heavy atom. The van der Waals surface area contributed by atoms with E-state index in [9.17, 15) is 22.0 Å². The number of benzene rings is 1. The van der Waals surface area contributed by atoms with Crippen molar-refractivity contribution in [3.8, 4) is 5.75 Å². The van der Waals surface area contributed by atoms with Crippen molar-refractivity contribution >= 4 is 0 Å². The Hall–Kier alpha value is -1.63. The fourth-order valence-electron chi connectivity index (χ4n) is 4.53. The number of halogens is 5. The van der Waals surface area contributed by atoms with E-state index in [1.165, 1.54) is 0 Å². The van der Waals surface area contributed by atoms with Crippen molar-refractivity contribution in [2.45, 2.75) is 56.9 Å². The minimum absolute atomic E-state index is 0.0548. The maximum absolute atomic E-state index is 14.0. The van der Waals surface area contributed by atoms with Crippen LogP contribution in [0.5, 0.6) is 5.75 Å². The van der Waals surface area contributed by atoms with Crippen LogP contribution in [0.25, 0.3) is 0 Å². The van der Waals surface area contributed by atoms with E-state index < -0.39 is 23.7 Å². The first-order chi connectivity index (χ1) is 12.8. The molecular formula is C20H23F5O2. The summed E-state index contributed by atoms with van der Waals surface area (Å²) in [7, 11) is 0. The molecule has 0 aliphatic heterocycles. The Morgan fingerprint density at radius 1 is 1.00 bits per heavy atom. The van der Waals surface area contributed by atoms with Gasteiger partial charge in [0.1, 0.15) is 0 Å². The van der Waals surface area contributed by atoms with Gasteiger partial charge in [-0.25, -0.2) is 8.78 Å². The molecule has 1 aromatic rings. The van der Waals surface area contributed by atoms with Gasteiger partial charge in [-0.15, -0.1) is 19.8 Å². The normalized spacial score (nSPS) is 28.5. The first kappa shape index (κ1) is 20.1. The highest BCUT2D eigenvalue weighted by molar-refractivity contribution is 5.33. The lowest BCUT2D eigenvalue weighted by molar-refractivity contribution is -0.276. The average molecular weight is 390 g/mol. The molecule has 0 saturated heterocycles. The van der Waals surface area contributed by atoms with Crippen LogP contribution in [0.4, 0.5) is 22.0 Å². The predicted molar refractivity (Wildman–Crippen MR) is 90.4 cm³/mol. The number of hydrogen-bond donors (Lipinski definition) is 0. The third-order valence-electron chi connectivity index (χ3n) is 5.72. The third-order valence-corrected chi connectivity index (χ3v) is 5.72. The van der Waals surface area contributed by atoms with Crippen molar-refractivity contribution in [2.75, 3.05) is 6.61 Å². The topological polar surface area (TPSA) is 18.5 Å². The first-order valence-corrected chi connectivity index (χ1v) is 9.24. The van der Waals surface area contributed by atoms with Gasteiger partial charge in [0.05, 0.1) is 12.7 Å². The van der Waals surface area contributed by atoms with Crippen LogP contribution in [0.3, 0.4) is 0 Å². The molecule has 0 spiro atoms. The van der Waals surface area contributed by atoms with E-state index in [4.69, 9.17) is 4.74 Å². The van der Waals surface area contributed by atoms with Gasteiger partial charge in [-0.2, -0.15) is 0 Å². The van der Waals surface area contributed by atoms with Crippen LogP contribution in [-0.4, -0.2) is 19.1 Å². The van der Waals surface area contributed by atoms with Gasteiger partial charge in [0, 0.05) is 0 Å². The van der Waals surface area contributed by atoms with Crippen molar-refractivity contribution in [3.63, 3.8) is 0 Å². The van der Waals surface area contributed by atoms with Crippen molar-refractivity contribution in [2.24, 2.45) is 11.8 Å². The van der Waals surface area contributed by atoms with Crippen LogP contribution in [0.2, 0.25) is 0 Å². The van der Waals surface area contributed by atoms with Gasteiger partial charge in [0.25, 0.3) is 0 Å². The fourth-order valence-corrected chi connectivity index (χ4v) is 4.53. The predicted octanol–water partition coefficient (Wildman–Crippen LogP) is 6.12. The molecule has 3 rings (SSSR count). The van der Waals surface area contributed by atoms with Gasteiger partial charge in [-0.3, -0.25) is 0 Å². The molecule has 2 saturated carbocycles. The number of rotatable bonds is 5. The molecule has 2 aliphatic rings. The molecule has 7 heteroatoms. The zero-order valence-corrected chi connectivity index (χ0v) is 14.9. The summed E-state index contributed by atoms with van der Waals surface area (Å²) in [5.74, 6) is -3.10. The summed E-state index contributed by atoms with van der Waals surface area (Å²) in [6.45, 7) is 4.19. The summed E-state index contributed by atoms with van der Waals surface area (Å²) in [6, 6.07) is 1.96. The Morgan fingerprint density at radius 3 is 2.26 bits per heavy atom. The number of fused-ring (bicyclic) bond motifs is 1. The largest absolute Gasteiger partial charge is 0.573 e. The molecule has 27 heavy (non-hydrogen) atoms. The van der Waals surface area contributed by atoms with E-state index in [-0.39, 0.29) is 12.0 Å². The van der Waals surface area contributed by atoms with Crippen LogP contribution in [-0.2, 0) is 4.74 Å². The van der Waals surface area contributed by atoms with E-state index in [2.05, 4.69) is 11.3 Å². The molecule has 1 aromatic carbocycles. The number of ether oxygens (including phenoxy) is 2. The molecule has 0 bridgehead atoms. The number of hydrogen-bond acceptors (Lipinski definition) is 2. The second-order valence-corrected chi connectivity index (χ2v) is 7.45. The molecule has 150 valence electrons. The quantitative estimate of drug-likeness (QED) is 0.446. The molecule has 0 N–H and O–H groups in total. The van der Waals surface area contributed by atoms with E-state index in [1.54, 1.807) is 6.08 Å². The Kier molecular flexibility index (Phi) is 6.08. The van der Waals surface area contributed by atoms with Gasteiger partial charge in [0.2, 0.25) is 5.75 Å². The maximum Gasteiger partial charge on any atom is 0.573 e. The monoisotopic (exact) mass is 390 g/mol. The maximum atomic E-state index is 14.0. The van der Waals surface area contributed by atoms with Crippen LogP contribution in [0.15, 0.2) is 24.8 Å². The minimum atomic E-state index is -5.13. The van der Waals surface area contributed by atoms with Crippen LogP contribution in [0.1, 0.15) is 50.0 Å². The molecule has 2 nitrogen and oxygen atoms in total. The highest BCUT2D eigenvalue weighted by Crippen LogP contribution is 2.47. The number of alkyl halides is 3. The van der Waals surface area contributed by atoms with Gasteiger partial charge in [-0.05, 0) is 74.0 Å². The molecule has 4 atom stereocenters. The van der Waals surface area contributed by atoms with Crippen molar-refractivity contribution in [3.05, 3.63) is 42.0 Å². The van der Waals surface area contributed by atoms with Crippen molar-refractivity contribution in [1.82, 2.24) is 0 Å². The summed E-state index contributed by atoms with van der Waals surface area (Å²) in [5.41, 5.74) is 0.406. The summed E-state index contributed by atoms with van der Waals surface area (Å²) in [5, 5.41) is 0. The van der Waals surface area contributed by atoms with Gasteiger partial charge >= 0.3 is 6.36 Å². The molecule has 2 fully saturated rings. The van der Waals surface area contributed by atoms with Crippen molar-refractivity contribution < 1.29 is 31.4 Å². The highest BCUT2D eigenvalue weighted by Gasteiger charge is 2.38. The van der Waals surface area contributed by atoms with E-state index in [1.807, 2.05) is 0 Å². The van der Waals surface area contributed by atoms with Crippen molar-refractivity contribution in [1.29, 1.82) is 0 Å². The third kappa shape index (κ3) is 5.00. The first-order valence-electron chi connectivity index (χ1n) is 9.24. The van der Waals surface area contributed by atoms with Gasteiger partial charge in [-0.1, -0.05) is 6.08 Å². The summed E-state index contributed by atoms with van der Waals surface area (Å²) < 4.78 is 74.1. The van der Waals surface area contributed by atoms with Crippen LogP contribution < -0.4 is 4.74 Å². The summed E-state index contributed by atoms with van der Waals surface area (Å²) >= 11 is 0. The zero-order valence-electron chi connectivity index (χ0n) is 14.9. The van der Waals surface area contributed by atoms with E-state index in [0.29, 0.717) is 24.0 Å². The average Bonchev–Trinajstić information content (AvgIpc) is 2.61. The summed E-state index contributed by atoms with van der Waals surface area (Å²) in [4.78, 5) is 0. The molecule has 2 aliphatic carbocycles. The standard InChI is InChI=1S/C20H23F5O2/c1-2-7-26-16-6-5-12-8-13(3-4-14(12)9-16)15-10-17(21)19(18(22)11-15)27-20(23,24)25/h2,10-14,16H,1,3-9H2. The lowest BCUT2D eigenvalue weighted by atomic mass is 9.65. The molecule has 4 unspecified atom stereocenters. The second-order valence-electron chi connectivity index (χ2n) is 7.45. The summed E-state index contributed by atoms with van der Waals surface area (Å²) in [6.07, 6.45) is 2.22. The van der Waals surface area contributed by atoms with E-state index >= 15 is 0 Å². The molecule has 0 aromatic heterocycles. The fraction of sp³-hybridized carbons (Fsp3) is 0.600. The zero-order chi connectivity index (χ0) is 19.6. The van der Waals surface area contributed by atoms with Crippen LogP contribution in [0, 0.1) is 23.5 Å². The Labute approximate surface area is 155 Å². The highest BCUT2D eigenvalue weighted by atomic mass is 19.4. The molecule has 0 radical (unpaired) electrons. The molecule has 0 amide bonds. The Bertz CT molecular complexity index is 650. The SMILES string of the molecule is C=CCOC1CCC2CC(c3cc(F)c(OC(F)(F)F)c(F)c3)CCC2C1. The molecule has 0 heterocycles. The van der Waals surface area contributed by atoms with Crippen LogP contribution >= 0.6 is 0 Å². The van der Waals surface area contributed by atoms with Gasteiger partial charge < -0.3 is 9.47 Å². The lowest BCUT2D eigenvalue weighted by Crippen LogP contribution is -2.33. The smallest absolute Gasteiger partial charge is 0.399 e. The van der Waals surface area contributed by atoms with E-state index in [0.717, 1.165) is 50.7 Å². The Balaban J connectivity index is 1.66. The minimum Gasteiger partial charge on any atom is -0.399 e. The molecular weight excluding hydrogens is 367 g/mol. The lowest BCUT2D eigenvalue weighted by Gasteiger charge is -2.42. The second kappa shape index (κ2) is 8.17.